The topological polar surface area (TPSA) is 66.5 Å². The van der Waals surface area contributed by atoms with Gasteiger partial charge in [0.2, 0.25) is 15.9 Å². The number of piperidine rings is 1. The van der Waals surface area contributed by atoms with Crippen LogP contribution in [0.25, 0.3) is 0 Å². The number of benzene rings is 2. The maximum absolute atomic E-state index is 14.1. The fourth-order valence-corrected chi connectivity index (χ4v) is 6.62. The highest BCUT2D eigenvalue weighted by atomic mass is 32.2. The molecule has 1 amide bonds. The lowest BCUT2D eigenvalue weighted by Gasteiger charge is -2.33. The monoisotopic (exact) mass is 452 g/mol. The van der Waals surface area contributed by atoms with Gasteiger partial charge in [-0.1, -0.05) is 12.1 Å². The number of hydrogen-bond donors (Lipinski definition) is 1. The minimum absolute atomic E-state index is 0.0127. The third-order valence-electron chi connectivity index (χ3n) is 5.55. The van der Waals surface area contributed by atoms with Gasteiger partial charge < -0.3 is 5.32 Å². The zero-order chi connectivity index (χ0) is 21.3. The van der Waals surface area contributed by atoms with E-state index in [1.807, 2.05) is 6.07 Å². The first-order valence-electron chi connectivity index (χ1n) is 9.83. The standard InChI is InChI=1S/C21H22F2N2O3S2/c22-15-6-8-16(9-7-15)30(27,28)25-11-2-3-14(13-25)21(26)24-19-10-12-29-20-17(19)4-1-5-18(20)23/h1,4-9,14,19H,2-3,10-13H2,(H,24,26). The lowest BCUT2D eigenvalue weighted by molar-refractivity contribution is -0.126. The van der Waals surface area contributed by atoms with Crippen LogP contribution in [-0.2, 0) is 14.8 Å². The number of fused-ring (bicyclic) bond motifs is 1. The summed E-state index contributed by atoms with van der Waals surface area (Å²) in [5.74, 6) is -0.797. The Morgan fingerprint density at radius 2 is 1.87 bits per heavy atom. The molecular formula is C21H22F2N2O3S2. The molecule has 5 nitrogen and oxygen atoms in total. The fraction of sp³-hybridized carbons (Fsp3) is 0.381. The summed E-state index contributed by atoms with van der Waals surface area (Å²) in [6.07, 6.45) is 1.83. The van der Waals surface area contributed by atoms with E-state index in [-0.39, 0.29) is 29.2 Å². The Balaban J connectivity index is 1.47. The van der Waals surface area contributed by atoms with Crippen LogP contribution in [-0.4, -0.2) is 37.5 Å². The van der Waals surface area contributed by atoms with E-state index in [0.29, 0.717) is 36.5 Å². The Hall–Kier alpha value is -1.97. The smallest absolute Gasteiger partial charge is 0.243 e. The molecule has 4 rings (SSSR count). The van der Waals surface area contributed by atoms with Crippen molar-refractivity contribution in [1.29, 1.82) is 0 Å². The number of rotatable bonds is 4. The van der Waals surface area contributed by atoms with Crippen LogP contribution in [0.4, 0.5) is 8.78 Å². The van der Waals surface area contributed by atoms with E-state index in [9.17, 15) is 22.0 Å². The molecule has 2 aliphatic rings. The number of thioether (sulfide) groups is 1. The van der Waals surface area contributed by atoms with E-state index in [2.05, 4.69) is 5.32 Å². The van der Waals surface area contributed by atoms with Crippen molar-refractivity contribution in [1.82, 2.24) is 9.62 Å². The molecule has 2 aliphatic heterocycles. The Morgan fingerprint density at radius 3 is 2.63 bits per heavy atom. The molecule has 160 valence electrons. The minimum Gasteiger partial charge on any atom is -0.349 e. The van der Waals surface area contributed by atoms with Crippen LogP contribution in [0, 0.1) is 17.6 Å². The van der Waals surface area contributed by atoms with E-state index in [4.69, 9.17) is 0 Å². The van der Waals surface area contributed by atoms with Crippen molar-refractivity contribution in [3.05, 3.63) is 59.7 Å². The molecule has 2 heterocycles. The second kappa shape index (κ2) is 8.64. The van der Waals surface area contributed by atoms with Crippen molar-refractivity contribution in [2.45, 2.75) is 35.1 Å². The second-order valence-electron chi connectivity index (χ2n) is 7.51. The maximum atomic E-state index is 14.1. The predicted molar refractivity (Wildman–Crippen MR) is 111 cm³/mol. The van der Waals surface area contributed by atoms with Crippen LogP contribution < -0.4 is 5.32 Å². The number of halogens is 2. The van der Waals surface area contributed by atoms with Gasteiger partial charge in [-0.3, -0.25) is 4.79 Å². The molecule has 0 spiro atoms. The number of nitrogens with zero attached hydrogens (tertiary/aromatic N) is 1. The molecule has 0 radical (unpaired) electrons. The molecule has 1 fully saturated rings. The summed E-state index contributed by atoms with van der Waals surface area (Å²) >= 11 is 1.44. The predicted octanol–water partition coefficient (Wildman–Crippen LogP) is 3.72. The number of sulfonamides is 1. The summed E-state index contributed by atoms with van der Waals surface area (Å²) in [4.78, 5) is 13.5. The van der Waals surface area contributed by atoms with Gasteiger partial charge in [0.1, 0.15) is 11.6 Å². The summed E-state index contributed by atoms with van der Waals surface area (Å²) in [5, 5.41) is 3.00. The van der Waals surface area contributed by atoms with Gasteiger partial charge >= 0.3 is 0 Å². The van der Waals surface area contributed by atoms with Crippen molar-refractivity contribution in [3.63, 3.8) is 0 Å². The van der Waals surface area contributed by atoms with E-state index in [0.717, 1.165) is 17.7 Å². The van der Waals surface area contributed by atoms with Gasteiger partial charge in [0.05, 0.1) is 16.9 Å². The average Bonchev–Trinajstić information content (AvgIpc) is 2.75. The van der Waals surface area contributed by atoms with Crippen molar-refractivity contribution < 1.29 is 22.0 Å². The molecule has 30 heavy (non-hydrogen) atoms. The zero-order valence-corrected chi connectivity index (χ0v) is 17.8. The Bertz CT molecular complexity index is 1040. The average molecular weight is 453 g/mol. The molecule has 2 aromatic rings. The first kappa shape index (κ1) is 21.3. The van der Waals surface area contributed by atoms with E-state index >= 15 is 0 Å². The van der Waals surface area contributed by atoms with Crippen molar-refractivity contribution in [2.75, 3.05) is 18.8 Å². The lowest BCUT2D eigenvalue weighted by Crippen LogP contribution is -2.46. The van der Waals surface area contributed by atoms with Crippen molar-refractivity contribution >= 4 is 27.7 Å². The van der Waals surface area contributed by atoms with Crippen molar-refractivity contribution in [2.24, 2.45) is 5.92 Å². The molecule has 2 unspecified atom stereocenters. The molecule has 0 bridgehead atoms. The number of nitrogens with one attached hydrogen (secondary N) is 1. The van der Waals surface area contributed by atoms with Crippen LogP contribution in [0.3, 0.4) is 0 Å². The highest BCUT2D eigenvalue weighted by molar-refractivity contribution is 7.99. The van der Waals surface area contributed by atoms with E-state index in [1.165, 1.54) is 34.3 Å². The van der Waals surface area contributed by atoms with Crippen molar-refractivity contribution in [3.8, 4) is 0 Å². The fourth-order valence-electron chi connectivity index (χ4n) is 3.96. The number of carbonyl (C=O) groups is 1. The molecule has 1 saturated heterocycles. The van der Waals surface area contributed by atoms with Gasteiger partial charge in [-0.05, 0) is 55.2 Å². The largest absolute Gasteiger partial charge is 0.349 e. The third-order valence-corrected chi connectivity index (χ3v) is 8.59. The minimum atomic E-state index is -3.80. The molecule has 1 N–H and O–H groups in total. The number of carbonyl (C=O) groups excluding carboxylic acids is 1. The quantitative estimate of drug-likeness (QED) is 0.768. The first-order chi connectivity index (χ1) is 14.4. The first-order valence-corrected chi connectivity index (χ1v) is 12.3. The molecule has 2 aromatic carbocycles. The van der Waals surface area contributed by atoms with E-state index < -0.39 is 21.8 Å². The molecule has 0 aliphatic carbocycles. The summed E-state index contributed by atoms with van der Waals surface area (Å²) in [6.45, 7) is 0.390. The Morgan fingerprint density at radius 1 is 1.10 bits per heavy atom. The Kier molecular flexibility index (Phi) is 6.13. The summed E-state index contributed by atoms with van der Waals surface area (Å²) in [6, 6.07) is 9.28. The summed E-state index contributed by atoms with van der Waals surface area (Å²) in [5.41, 5.74) is 0.770. The van der Waals surface area contributed by atoms with Gasteiger partial charge in [0, 0.05) is 23.7 Å². The highest BCUT2D eigenvalue weighted by Gasteiger charge is 2.34. The molecule has 0 saturated carbocycles. The van der Waals surface area contributed by atoms with Crippen LogP contribution in [0.15, 0.2) is 52.3 Å². The van der Waals surface area contributed by atoms with E-state index in [1.54, 1.807) is 6.07 Å². The Labute approximate surface area is 178 Å². The maximum Gasteiger partial charge on any atom is 0.243 e. The van der Waals surface area contributed by atoms with Gasteiger partial charge in [-0.15, -0.1) is 11.8 Å². The SMILES string of the molecule is O=C(NC1CCSc2c(F)cccc21)C1CCCN(S(=O)(=O)c2ccc(F)cc2)C1. The lowest BCUT2D eigenvalue weighted by atomic mass is 9.97. The molecule has 9 heteroatoms. The van der Waals surface area contributed by atoms with Crippen LogP contribution in [0.2, 0.25) is 0 Å². The van der Waals surface area contributed by atoms with Gasteiger partial charge in [0.25, 0.3) is 0 Å². The zero-order valence-electron chi connectivity index (χ0n) is 16.2. The number of amides is 1. The van der Waals surface area contributed by atoms with Crippen LogP contribution in [0.1, 0.15) is 30.9 Å². The molecule has 0 aromatic heterocycles. The second-order valence-corrected chi connectivity index (χ2v) is 10.6. The molecule has 2 atom stereocenters. The van der Waals surface area contributed by atoms with Gasteiger partial charge in [-0.2, -0.15) is 4.31 Å². The van der Waals surface area contributed by atoms with Gasteiger partial charge in [-0.25, -0.2) is 17.2 Å². The van der Waals surface area contributed by atoms with Crippen LogP contribution in [0.5, 0.6) is 0 Å². The number of hydrogen-bond acceptors (Lipinski definition) is 4. The summed E-state index contributed by atoms with van der Waals surface area (Å²) in [7, 11) is -3.80. The molecular weight excluding hydrogens is 430 g/mol. The third kappa shape index (κ3) is 4.24. The highest BCUT2D eigenvalue weighted by Crippen LogP contribution is 2.38. The van der Waals surface area contributed by atoms with Gasteiger partial charge in [0.15, 0.2) is 0 Å². The summed E-state index contributed by atoms with van der Waals surface area (Å²) < 4.78 is 54.3. The van der Waals surface area contributed by atoms with Crippen LogP contribution >= 0.6 is 11.8 Å². The normalized spacial score (nSPS) is 22.3.